The maximum atomic E-state index is 3.27. The van der Waals surface area contributed by atoms with Crippen LogP contribution >= 0.6 is 0 Å². The second kappa shape index (κ2) is 5.15. The lowest BCUT2D eigenvalue weighted by molar-refractivity contribution is 0.465. The van der Waals surface area contributed by atoms with Crippen molar-refractivity contribution < 1.29 is 0 Å². The number of hydrogen-bond donors (Lipinski definition) is 1. The van der Waals surface area contributed by atoms with E-state index in [0.29, 0.717) is 0 Å². The van der Waals surface area contributed by atoms with Gasteiger partial charge in [0.15, 0.2) is 0 Å². The van der Waals surface area contributed by atoms with Crippen LogP contribution in [0, 0.1) is 5.92 Å². The van der Waals surface area contributed by atoms with Crippen molar-refractivity contribution in [2.75, 3.05) is 7.05 Å². The van der Waals surface area contributed by atoms with Crippen LogP contribution in [0.5, 0.6) is 0 Å². The van der Waals surface area contributed by atoms with E-state index in [1.807, 2.05) is 7.05 Å². The SMILES string of the molecule is CNCc1cccc2ccn(CC3CCCC3)c12. The Morgan fingerprint density at radius 3 is 2.83 bits per heavy atom. The van der Waals surface area contributed by atoms with Crippen molar-refractivity contribution in [2.45, 2.75) is 38.8 Å². The number of rotatable bonds is 4. The molecule has 1 N–H and O–H groups in total. The van der Waals surface area contributed by atoms with Crippen molar-refractivity contribution >= 4 is 10.9 Å². The van der Waals surface area contributed by atoms with Gasteiger partial charge in [-0.2, -0.15) is 0 Å². The summed E-state index contributed by atoms with van der Waals surface area (Å²) in [5, 5.41) is 4.65. The lowest BCUT2D eigenvalue weighted by atomic mass is 10.1. The Morgan fingerprint density at radius 1 is 1.22 bits per heavy atom. The van der Waals surface area contributed by atoms with E-state index < -0.39 is 0 Å². The molecule has 1 fully saturated rings. The smallest absolute Gasteiger partial charge is 0.0525 e. The molecule has 96 valence electrons. The molecule has 1 aromatic carbocycles. The van der Waals surface area contributed by atoms with E-state index in [9.17, 15) is 0 Å². The van der Waals surface area contributed by atoms with Gasteiger partial charge in [-0.05, 0) is 42.8 Å². The summed E-state index contributed by atoms with van der Waals surface area (Å²) in [6, 6.07) is 8.88. The molecule has 0 aliphatic heterocycles. The number of nitrogens with one attached hydrogen (secondary N) is 1. The quantitative estimate of drug-likeness (QED) is 0.867. The summed E-state index contributed by atoms with van der Waals surface area (Å²) in [5.41, 5.74) is 2.84. The van der Waals surface area contributed by atoms with Gasteiger partial charge >= 0.3 is 0 Å². The summed E-state index contributed by atoms with van der Waals surface area (Å²) in [6.45, 7) is 2.15. The number of benzene rings is 1. The number of fused-ring (bicyclic) bond motifs is 1. The summed E-state index contributed by atoms with van der Waals surface area (Å²) < 4.78 is 2.47. The molecule has 1 heterocycles. The maximum Gasteiger partial charge on any atom is 0.0525 e. The normalized spacial score (nSPS) is 16.7. The minimum Gasteiger partial charge on any atom is -0.347 e. The van der Waals surface area contributed by atoms with Crippen molar-refractivity contribution in [1.29, 1.82) is 0 Å². The van der Waals surface area contributed by atoms with Gasteiger partial charge in [-0.3, -0.25) is 0 Å². The van der Waals surface area contributed by atoms with Crippen LogP contribution in [-0.2, 0) is 13.1 Å². The lowest BCUT2D eigenvalue weighted by Crippen LogP contribution is -2.10. The fourth-order valence-electron chi connectivity index (χ4n) is 3.30. The van der Waals surface area contributed by atoms with Crippen LogP contribution in [-0.4, -0.2) is 11.6 Å². The highest BCUT2D eigenvalue weighted by Crippen LogP contribution is 2.28. The van der Waals surface area contributed by atoms with Crippen LogP contribution in [0.15, 0.2) is 30.5 Å². The maximum absolute atomic E-state index is 3.27. The van der Waals surface area contributed by atoms with Crippen LogP contribution in [0.25, 0.3) is 10.9 Å². The van der Waals surface area contributed by atoms with Gasteiger partial charge in [-0.15, -0.1) is 0 Å². The standard InChI is InChI=1S/C16H22N2/c1-17-11-15-8-4-7-14-9-10-18(16(14)15)12-13-5-2-3-6-13/h4,7-10,13,17H,2-3,5-6,11-12H2,1H3. The van der Waals surface area contributed by atoms with Gasteiger partial charge in [0.1, 0.15) is 0 Å². The van der Waals surface area contributed by atoms with Crippen molar-refractivity contribution in [1.82, 2.24) is 9.88 Å². The van der Waals surface area contributed by atoms with Crippen molar-refractivity contribution in [3.8, 4) is 0 Å². The molecular weight excluding hydrogens is 220 g/mol. The summed E-state index contributed by atoms with van der Waals surface area (Å²) >= 11 is 0. The lowest BCUT2D eigenvalue weighted by Gasteiger charge is -2.14. The number of hydrogen-bond acceptors (Lipinski definition) is 1. The molecule has 0 spiro atoms. The van der Waals surface area contributed by atoms with Crippen LogP contribution in [0.3, 0.4) is 0 Å². The van der Waals surface area contributed by atoms with Crippen LogP contribution in [0.4, 0.5) is 0 Å². The highest BCUT2D eigenvalue weighted by atomic mass is 15.0. The van der Waals surface area contributed by atoms with E-state index in [2.05, 4.69) is 40.3 Å². The Labute approximate surface area is 109 Å². The zero-order valence-corrected chi connectivity index (χ0v) is 11.2. The largest absolute Gasteiger partial charge is 0.347 e. The molecule has 0 saturated heterocycles. The molecule has 3 rings (SSSR count). The number of aromatic nitrogens is 1. The summed E-state index contributed by atoms with van der Waals surface area (Å²) in [7, 11) is 2.02. The Morgan fingerprint density at radius 2 is 2.06 bits per heavy atom. The fourth-order valence-corrected chi connectivity index (χ4v) is 3.30. The first kappa shape index (κ1) is 11.8. The molecule has 0 amide bonds. The molecule has 0 radical (unpaired) electrons. The highest BCUT2D eigenvalue weighted by Gasteiger charge is 2.16. The molecule has 1 aromatic heterocycles. The second-order valence-corrected chi connectivity index (χ2v) is 5.50. The third-order valence-electron chi connectivity index (χ3n) is 4.17. The first-order valence-corrected chi connectivity index (χ1v) is 7.10. The van der Waals surface area contributed by atoms with E-state index in [1.165, 1.54) is 48.7 Å². The van der Waals surface area contributed by atoms with Gasteiger partial charge in [0, 0.05) is 19.3 Å². The first-order chi connectivity index (χ1) is 8.88. The fraction of sp³-hybridized carbons (Fsp3) is 0.500. The third kappa shape index (κ3) is 2.17. The third-order valence-corrected chi connectivity index (χ3v) is 4.17. The number of para-hydroxylation sites is 1. The van der Waals surface area contributed by atoms with Crippen LogP contribution in [0.1, 0.15) is 31.2 Å². The van der Waals surface area contributed by atoms with E-state index in [1.54, 1.807) is 0 Å². The molecule has 0 unspecified atom stereocenters. The van der Waals surface area contributed by atoms with Crippen molar-refractivity contribution in [2.24, 2.45) is 5.92 Å². The van der Waals surface area contributed by atoms with Gasteiger partial charge in [0.25, 0.3) is 0 Å². The van der Waals surface area contributed by atoms with Crippen molar-refractivity contribution in [3.63, 3.8) is 0 Å². The Hall–Kier alpha value is -1.28. The molecule has 1 aliphatic carbocycles. The average Bonchev–Trinajstić information content (AvgIpc) is 3.01. The van der Waals surface area contributed by atoms with Gasteiger partial charge in [-0.25, -0.2) is 0 Å². The van der Waals surface area contributed by atoms with Gasteiger partial charge in [0.05, 0.1) is 5.52 Å². The van der Waals surface area contributed by atoms with E-state index in [-0.39, 0.29) is 0 Å². The van der Waals surface area contributed by atoms with E-state index in [0.717, 1.165) is 12.5 Å². The highest BCUT2D eigenvalue weighted by molar-refractivity contribution is 5.83. The summed E-state index contributed by atoms with van der Waals surface area (Å²) in [5.74, 6) is 0.892. The minimum absolute atomic E-state index is 0.892. The zero-order chi connectivity index (χ0) is 12.4. The molecular formula is C16H22N2. The van der Waals surface area contributed by atoms with Crippen LogP contribution < -0.4 is 5.32 Å². The minimum atomic E-state index is 0.892. The molecule has 2 heteroatoms. The molecule has 0 bridgehead atoms. The summed E-state index contributed by atoms with van der Waals surface area (Å²) in [4.78, 5) is 0. The average molecular weight is 242 g/mol. The first-order valence-electron chi connectivity index (χ1n) is 7.10. The Kier molecular flexibility index (Phi) is 3.37. The molecule has 18 heavy (non-hydrogen) atoms. The monoisotopic (exact) mass is 242 g/mol. The van der Waals surface area contributed by atoms with Gasteiger partial charge in [-0.1, -0.05) is 31.0 Å². The van der Waals surface area contributed by atoms with Crippen molar-refractivity contribution in [3.05, 3.63) is 36.0 Å². The summed E-state index contributed by atoms with van der Waals surface area (Å²) in [6.07, 6.45) is 7.93. The van der Waals surface area contributed by atoms with Crippen LogP contribution in [0.2, 0.25) is 0 Å². The Bertz CT molecular complexity index is 521. The van der Waals surface area contributed by atoms with E-state index in [4.69, 9.17) is 0 Å². The zero-order valence-electron chi connectivity index (χ0n) is 11.2. The molecule has 2 nitrogen and oxygen atoms in total. The molecule has 2 aromatic rings. The molecule has 1 aliphatic rings. The van der Waals surface area contributed by atoms with E-state index >= 15 is 0 Å². The molecule has 1 saturated carbocycles. The van der Waals surface area contributed by atoms with Gasteiger partial charge in [0.2, 0.25) is 0 Å². The topological polar surface area (TPSA) is 17.0 Å². The molecule has 0 atom stereocenters. The predicted octanol–water partition coefficient (Wildman–Crippen LogP) is 3.55. The number of nitrogens with zero attached hydrogens (tertiary/aromatic N) is 1. The second-order valence-electron chi connectivity index (χ2n) is 5.50. The Balaban J connectivity index is 1.95. The van der Waals surface area contributed by atoms with Gasteiger partial charge < -0.3 is 9.88 Å². The predicted molar refractivity (Wildman–Crippen MR) is 76.7 cm³/mol.